The summed E-state index contributed by atoms with van der Waals surface area (Å²) in [6.45, 7) is 1.63. The van der Waals surface area contributed by atoms with Crippen LogP contribution in [0, 0.1) is 0 Å². The van der Waals surface area contributed by atoms with Gasteiger partial charge in [0.05, 0.1) is 5.69 Å². The number of pyridine rings is 1. The molecule has 8 nitrogen and oxygen atoms in total. The number of hydrogen-bond donors (Lipinski definition) is 2. The second-order valence-corrected chi connectivity index (χ2v) is 5.26. The van der Waals surface area contributed by atoms with E-state index in [4.69, 9.17) is 14.4 Å². The molecule has 2 N–H and O–H groups in total. The first-order chi connectivity index (χ1) is 10.5. The number of carbonyl (C=O) groups is 1. The van der Waals surface area contributed by atoms with E-state index in [1.54, 1.807) is 26.3 Å². The minimum atomic E-state index is -1.14. The van der Waals surface area contributed by atoms with Gasteiger partial charge in [0.1, 0.15) is 11.6 Å². The van der Waals surface area contributed by atoms with Gasteiger partial charge in [0.25, 0.3) is 0 Å². The summed E-state index contributed by atoms with van der Waals surface area (Å²) in [5.74, 6) is 0.605. The van der Waals surface area contributed by atoms with Gasteiger partial charge in [0.15, 0.2) is 0 Å². The molecule has 1 amide bonds. The Morgan fingerprint density at radius 1 is 1.55 bits per heavy atom. The monoisotopic (exact) mass is 304 g/mol. The third-order valence-electron chi connectivity index (χ3n) is 3.73. The Balaban J connectivity index is 1.84. The first-order valence-corrected chi connectivity index (χ1v) is 6.89. The van der Waals surface area contributed by atoms with Gasteiger partial charge in [0, 0.05) is 18.9 Å². The van der Waals surface area contributed by atoms with E-state index in [9.17, 15) is 4.79 Å². The van der Waals surface area contributed by atoms with Crippen LogP contribution in [0.4, 0.5) is 4.79 Å². The van der Waals surface area contributed by atoms with Crippen molar-refractivity contribution in [2.24, 2.45) is 0 Å². The van der Waals surface area contributed by atoms with Gasteiger partial charge in [-0.15, -0.1) is 0 Å². The maximum Gasteiger partial charge on any atom is 0.405 e. The minimum Gasteiger partial charge on any atom is -0.465 e. The summed E-state index contributed by atoms with van der Waals surface area (Å²) in [6, 6.07) is 3.08. The molecule has 0 spiro atoms. The number of methoxy groups -OCH3 is 1. The van der Waals surface area contributed by atoms with Crippen LogP contribution in [-0.4, -0.2) is 33.4 Å². The van der Waals surface area contributed by atoms with Gasteiger partial charge in [-0.05, 0) is 31.9 Å². The Bertz CT molecular complexity index is 696. The van der Waals surface area contributed by atoms with E-state index in [1.807, 2.05) is 6.07 Å². The van der Waals surface area contributed by atoms with Crippen molar-refractivity contribution < 1.29 is 19.2 Å². The van der Waals surface area contributed by atoms with Gasteiger partial charge in [-0.1, -0.05) is 5.16 Å². The molecule has 2 heterocycles. The number of hydrogen-bond acceptors (Lipinski definition) is 6. The first kappa shape index (κ1) is 14.5. The molecule has 1 aliphatic carbocycles. The molecule has 0 aromatic carbocycles. The van der Waals surface area contributed by atoms with Crippen LogP contribution in [0.2, 0.25) is 0 Å². The lowest BCUT2D eigenvalue weighted by atomic mass is 10.1. The van der Waals surface area contributed by atoms with Gasteiger partial charge >= 0.3 is 6.09 Å². The fourth-order valence-electron chi connectivity index (χ4n) is 2.27. The molecular weight excluding hydrogens is 288 g/mol. The van der Waals surface area contributed by atoms with Gasteiger partial charge in [0.2, 0.25) is 11.7 Å². The van der Waals surface area contributed by atoms with E-state index in [1.165, 1.54) is 0 Å². The SMILES string of the molecule is COC1(c2cc(-c3noc(C(C)NC(=O)O)n3)ccn2)CC1. The molecule has 2 aromatic heterocycles. The first-order valence-electron chi connectivity index (χ1n) is 6.89. The fourth-order valence-corrected chi connectivity index (χ4v) is 2.27. The maximum atomic E-state index is 10.6. The summed E-state index contributed by atoms with van der Waals surface area (Å²) < 4.78 is 10.6. The Kier molecular flexibility index (Phi) is 3.53. The molecule has 1 fully saturated rings. The Morgan fingerprint density at radius 2 is 2.32 bits per heavy atom. The van der Waals surface area contributed by atoms with E-state index >= 15 is 0 Å². The third kappa shape index (κ3) is 2.64. The molecule has 1 saturated carbocycles. The third-order valence-corrected chi connectivity index (χ3v) is 3.73. The summed E-state index contributed by atoms with van der Waals surface area (Å²) in [4.78, 5) is 19.2. The molecule has 0 saturated heterocycles. The highest BCUT2D eigenvalue weighted by atomic mass is 16.5. The molecule has 116 valence electrons. The molecule has 1 unspecified atom stereocenters. The average Bonchev–Trinajstić information content (AvgIpc) is 3.15. The maximum absolute atomic E-state index is 10.6. The van der Waals surface area contributed by atoms with Crippen molar-refractivity contribution in [3.05, 3.63) is 29.9 Å². The summed E-state index contributed by atoms with van der Waals surface area (Å²) in [7, 11) is 1.67. The van der Waals surface area contributed by atoms with Crippen LogP contribution in [0.3, 0.4) is 0 Å². The van der Waals surface area contributed by atoms with Crippen LogP contribution < -0.4 is 5.32 Å². The van der Waals surface area contributed by atoms with Crippen LogP contribution >= 0.6 is 0 Å². The van der Waals surface area contributed by atoms with Crippen LogP contribution in [0.15, 0.2) is 22.9 Å². The number of nitrogens with zero attached hydrogens (tertiary/aromatic N) is 3. The normalized spacial score (nSPS) is 17.0. The van der Waals surface area contributed by atoms with Crippen LogP contribution in [0.25, 0.3) is 11.4 Å². The minimum absolute atomic E-state index is 0.212. The van der Waals surface area contributed by atoms with Crippen molar-refractivity contribution in [3.8, 4) is 11.4 Å². The van der Waals surface area contributed by atoms with Crippen molar-refractivity contribution in [2.75, 3.05) is 7.11 Å². The zero-order valence-corrected chi connectivity index (χ0v) is 12.2. The number of rotatable bonds is 5. The van der Waals surface area contributed by atoms with Crippen LogP contribution in [0.5, 0.6) is 0 Å². The standard InChI is InChI=1S/C14H16N4O4/c1-8(16-13(19)20)12-17-11(18-22-12)9-3-6-15-10(7-9)14(21-2)4-5-14/h3,6-8,16H,4-5H2,1-2H3,(H,19,20). The summed E-state index contributed by atoms with van der Waals surface area (Å²) in [6.07, 6.45) is 2.42. The van der Waals surface area contributed by atoms with Crippen molar-refractivity contribution in [1.82, 2.24) is 20.4 Å². The smallest absolute Gasteiger partial charge is 0.405 e. The van der Waals surface area contributed by atoms with E-state index < -0.39 is 12.1 Å². The van der Waals surface area contributed by atoms with E-state index in [0.29, 0.717) is 5.82 Å². The largest absolute Gasteiger partial charge is 0.465 e. The Morgan fingerprint density at radius 3 is 2.95 bits per heavy atom. The quantitative estimate of drug-likeness (QED) is 0.870. The molecule has 0 radical (unpaired) electrons. The topological polar surface area (TPSA) is 110 Å². The lowest BCUT2D eigenvalue weighted by Gasteiger charge is -2.12. The van der Waals surface area contributed by atoms with E-state index in [-0.39, 0.29) is 11.5 Å². The molecule has 3 rings (SSSR count). The van der Waals surface area contributed by atoms with Crippen molar-refractivity contribution in [2.45, 2.75) is 31.4 Å². The number of amides is 1. The molecule has 8 heteroatoms. The van der Waals surface area contributed by atoms with Gasteiger partial charge in [-0.25, -0.2) is 4.79 Å². The van der Waals surface area contributed by atoms with Crippen molar-refractivity contribution in [3.63, 3.8) is 0 Å². The summed E-state index contributed by atoms with van der Waals surface area (Å²) in [5.41, 5.74) is 1.31. The zero-order valence-electron chi connectivity index (χ0n) is 12.2. The highest BCUT2D eigenvalue weighted by Crippen LogP contribution is 2.48. The van der Waals surface area contributed by atoms with Gasteiger partial charge < -0.3 is 19.7 Å². The lowest BCUT2D eigenvalue weighted by molar-refractivity contribution is 0.0752. The van der Waals surface area contributed by atoms with Crippen LogP contribution in [0.1, 0.15) is 37.4 Å². The van der Waals surface area contributed by atoms with E-state index in [2.05, 4.69) is 20.4 Å². The summed E-state index contributed by atoms with van der Waals surface area (Å²) >= 11 is 0. The predicted octanol–water partition coefficient (Wildman–Crippen LogP) is 2.10. The summed E-state index contributed by atoms with van der Waals surface area (Å²) in [5, 5.41) is 14.9. The molecular formula is C14H16N4O4. The molecule has 22 heavy (non-hydrogen) atoms. The number of carboxylic acid groups (broad SMARTS) is 1. The Labute approximate surface area is 126 Å². The molecule has 0 bridgehead atoms. The van der Waals surface area contributed by atoms with Crippen molar-refractivity contribution >= 4 is 6.09 Å². The predicted molar refractivity (Wildman–Crippen MR) is 75.0 cm³/mol. The highest BCUT2D eigenvalue weighted by Gasteiger charge is 2.46. The second kappa shape index (κ2) is 5.38. The van der Waals surface area contributed by atoms with Gasteiger partial charge in [-0.3, -0.25) is 4.98 Å². The fraction of sp³-hybridized carbons (Fsp3) is 0.429. The lowest BCUT2D eigenvalue weighted by Crippen LogP contribution is -2.24. The number of ether oxygens (including phenoxy) is 1. The molecule has 2 aromatic rings. The highest BCUT2D eigenvalue weighted by molar-refractivity contribution is 5.65. The van der Waals surface area contributed by atoms with Crippen molar-refractivity contribution in [1.29, 1.82) is 0 Å². The molecule has 0 aliphatic heterocycles. The number of nitrogens with one attached hydrogen (secondary N) is 1. The molecule has 1 aliphatic rings. The van der Waals surface area contributed by atoms with Gasteiger partial charge in [-0.2, -0.15) is 4.98 Å². The Hall–Kier alpha value is -2.48. The van der Waals surface area contributed by atoms with E-state index in [0.717, 1.165) is 24.1 Å². The zero-order chi connectivity index (χ0) is 15.7. The van der Waals surface area contributed by atoms with Crippen LogP contribution in [-0.2, 0) is 10.3 Å². The molecule has 1 atom stereocenters. The number of aromatic nitrogens is 3. The average molecular weight is 304 g/mol. The second-order valence-electron chi connectivity index (χ2n) is 5.26.